The summed E-state index contributed by atoms with van der Waals surface area (Å²) in [6, 6.07) is 3.79. The predicted molar refractivity (Wildman–Crippen MR) is 64.4 cm³/mol. The van der Waals surface area contributed by atoms with Crippen molar-refractivity contribution in [3.8, 4) is 0 Å². The van der Waals surface area contributed by atoms with E-state index in [2.05, 4.69) is 0 Å². The smallest absolute Gasteiger partial charge is 0.392 e. The van der Waals surface area contributed by atoms with Crippen LogP contribution < -0.4 is 0 Å². The summed E-state index contributed by atoms with van der Waals surface area (Å²) in [7, 11) is 0. The quantitative estimate of drug-likeness (QED) is 0.833. The van der Waals surface area contributed by atoms with E-state index in [4.69, 9.17) is 5.11 Å². The molecule has 1 aromatic rings. The number of thioether (sulfide) groups is 1. The molecule has 0 amide bonds. The normalized spacial score (nSPS) is 15.5. The first-order valence-electron chi connectivity index (χ1n) is 5.41. The summed E-state index contributed by atoms with van der Waals surface area (Å²) in [5.41, 5.74) is -0.968. The number of rotatable bonds is 4. The second-order valence-corrected chi connectivity index (χ2v) is 5.49. The molecule has 0 saturated carbocycles. The molecule has 0 aliphatic carbocycles. The van der Waals surface area contributed by atoms with Crippen LogP contribution in [0.5, 0.6) is 0 Å². The molecule has 0 aliphatic heterocycles. The Bertz CT molecular complexity index is 405. The lowest BCUT2D eigenvalue weighted by Gasteiger charge is -2.17. The maximum atomic E-state index is 12.7. The molecule has 0 heterocycles. The van der Waals surface area contributed by atoms with E-state index in [1.165, 1.54) is 23.9 Å². The van der Waals surface area contributed by atoms with Gasteiger partial charge in [-0.05, 0) is 24.6 Å². The van der Waals surface area contributed by atoms with Crippen LogP contribution in [0.25, 0.3) is 0 Å². The highest BCUT2D eigenvalue weighted by Gasteiger charge is 2.33. The van der Waals surface area contributed by atoms with Crippen molar-refractivity contribution in [1.82, 2.24) is 0 Å². The van der Waals surface area contributed by atoms with Crippen LogP contribution >= 0.6 is 11.8 Å². The van der Waals surface area contributed by atoms with E-state index in [1.54, 1.807) is 13.8 Å². The number of alkyl halides is 3. The van der Waals surface area contributed by atoms with E-state index in [1.807, 2.05) is 0 Å². The molecule has 0 saturated heterocycles. The molecule has 0 radical (unpaired) electrons. The van der Waals surface area contributed by atoms with Gasteiger partial charge in [0, 0.05) is 10.1 Å². The summed E-state index contributed by atoms with van der Waals surface area (Å²) < 4.78 is 38.2. The second kappa shape index (κ2) is 5.95. The third-order valence-corrected chi connectivity index (χ3v) is 3.85. The molecule has 102 valence electrons. The van der Waals surface area contributed by atoms with Crippen LogP contribution in [0.3, 0.4) is 0 Å². The Kier molecular flexibility index (Phi) is 5.07. The number of hydrogen-bond donors (Lipinski definition) is 2. The molecule has 0 spiro atoms. The lowest BCUT2D eigenvalue weighted by Crippen LogP contribution is -2.15. The number of hydrogen-bond acceptors (Lipinski definition) is 3. The summed E-state index contributed by atoms with van der Waals surface area (Å²) in [6.45, 7) is 2.68. The van der Waals surface area contributed by atoms with Crippen molar-refractivity contribution in [2.75, 3.05) is 0 Å². The van der Waals surface area contributed by atoms with Gasteiger partial charge >= 0.3 is 6.18 Å². The van der Waals surface area contributed by atoms with E-state index in [0.29, 0.717) is 4.90 Å². The number of aliphatic hydroxyl groups is 2. The van der Waals surface area contributed by atoms with E-state index in [-0.39, 0.29) is 10.8 Å². The molecule has 2 unspecified atom stereocenters. The first-order valence-corrected chi connectivity index (χ1v) is 6.29. The van der Waals surface area contributed by atoms with Gasteiger partial charge in [0.1, 0.15) is 0 Å². The van der Waals surface area contributed by atoms with Crippen molar-refractivity contribution in [3.05, 3.63) is 29.3 Å². The van der Waals surface area contributed by atoms with Crippen LogP contribution in [0, 0.1) is 0 Å². The molecule has 2 atom stereocenters. The Morgan fingerprint density at radius 3 is 2.33 bits per heavy atom. The maximum absolute atomic E-state index is 12.7. The van der Waals surface area contributed by atoms with Crippen molar-refractivity contribution in [1.29, 1.82) is 0 Å². The fourth-order valence-corrected chi connectivity index (χ4v) is 2.30. The van der Waals surface area contributed by atoms with E-state index < -0.39 is 24.5 Å². The number of aliphatic hydroxyl groups excluding tert-OH is 2. The van der Waals surface area contributed by atoms with Gasteiger partial charge < -0.3 is 10.2 Å². The van der Waals surface area contributed by atoms with Gasteiger partial charge in [-0.3, -0.25) is 0 Å². The summed E-state index contributed by atoms with van der Waals surface area (Å²) >= 11 is 1.17. The average molecular weight is 280 g/mol. The highest BCUT2D eigenvalue weighted by molar-refractivity contribution is 8.00. The van der Waals surface area contributed by atoms with Crippen LogP contribution in [0.4, 0.5) is 13.2 Å². The molecule has 2 N–H and O–H groups in total. The maximum Gasteiger partial charge on any atom is 0.416 e. The minimum Gasteiger partial charge on any atom is -0.392 e. The van der Waals surface area contributed by atoms with Crippen LogP contribution in [0.15, 0.2) is 23.1 Å². The zero-order valence-corrected chi connectivity index (χ0v) is 10.8. The Labute approximate surface area is 108 Å². The zero-order valence-electron chi connectivity index (χ0n) is 10.0. The third kappa shape index (κ3) is 3.90. The number of benzene rings is 1. The van der Waals surface area contributed by atoms with Crippen molar-refractivity contribution in [2.24, 2.45) is 0 Å². The Hall–Kier alpha value is -0.720. The SMILES string of the molecule is CC(O)C(C)Sc1ccc(CO)c(C(F)(F)F)c1. The zero-order chi connectivity index (χ0) is 13.9. The lowest BCUT2D eigenvalue weighted by molar-refractivity contribution is -0.138. The van der Waals surface area contributed by atoms with Crippen molar-refractivity contribution < 1.29 is 23.4 Å². The Balaban J connectivity index is 3.04. The lowest BCUT2D eigenvalue weighted by atomic mass is 10.1. The first-order chi connectivity index (χ1) is 8.25. The predicted octanol–water partition coefficient (Wildman–Crippen LogP) is 3.06. The van der Waals surface area contributed by atoms with Crippen molar-refractivity contribution in [2.45, 2.75) is 42.9 Å². The molecule has 6 heteroatoms. The summed E-state index contributed by atoms with van der Waals surface area (Å²) in [5.74, 6) is 0. The van der Waals surface area contributed by atoms with Gasteiger partial charge in [0.15, 0.2) is 0 Å². The topological polar surface area (TPSA) is 40.5 Å². The Morgan fingerprint density at radius 1 is 1.28 bits per heavy atom. The van der Waals surface area contributed by atoms with Gasteiger partial charge in [-0.2, -0.15) is 13.2 Å². The molecule has 0 aliphatic rings. The highest BCUT2D eigenvalue weighted by Crippen LogP contribution is 2.36. The second-order valence-electron chi connectivity index (χ2n) is 4.04. The standard InChI is InChI=1S/C12H15F3O2S/c1-7(17)8(2)18-10-4-3-9(6-16)11(5-10)12(13,14)15/h3-5,7-8,16-17H,6H2,1-2H3. The molecule has 1 aromatic carbocycles. The molecule has 0 bridgehead atoms. The molecule has 0 fully saturated rings. The van der Waals surface area contributed by atoms with Gasteiger partial charge in [-0.25, -0.2) is 0 Å². The summed E-state index contributed by atoms with van der Waals surface area (Å²) in [4.78, 5) is 0.424. The highest BCUT2D eigenvalue weighted by atomic mass is 32.2. The van der Waals surface area contributed by atoms with Gasteiger partial charge in [-0.15, -0.1) is 11.8 Å². The van der Waals surface area contributed by atoms with Crippen LogP contribution in [-0.2, 0) is 12.8 Å². The van der Waals surface area contributed by atoms with E-state index >= 15 is 0 Å². The van der Waals surface area contributed by atoms with Crippen LogP contribution in [0.2, 0.25) is 0 Å². The molecule has 0 aromatic heterocycles. The molecule has 1 rings (SSSR count). The molecule has 2 nitrogen and oxygen atoms in total. The largest absolute Gasteiger partial charge is 0.416 e. The third-order valence-electron chi connectivity index (χ3n) is 2.56. The minimum absolute atomic E-state index is 0.142. The van der Waals surface area contributed by atoms with Crippen LogP contribution in [-0.4, -0.2) is 21.6 Å². The van der Waals surface area contributed by atoms with Gasteiger partial charge in [0.2, 0.25) is 0 Å². The fourth-order valence-electron chi connectivity index (χ4n) is 1.34. The van der Waals surface area contributed by atoms with E-state index in [9.17, 15) is 18.3 Å². The first kappa shape index (κ1) is 15.3. The Morgan fingerprint density at radius 2 is 1.89 bits per heavy atom. The fraction of sp³-hybridized carbons (Fsp3) is 0.500. The van der Waals surface area contributed by atoms with Crippen molar-refractivity contribution in [3.63, 3.8) is 0 Å². The number of halogens is 3. The minimum atomic E-state index is -4.48. The monoisotopic (exact) mass is 280 g/mol. The summed E-state index contributed by atoms with van der Waals surface area (Å²) in [5, 5.41) is 18.0. The molecular weight excluding hydrogens is 265 g/mol. The molecular formula is C12H15F3O2S. The van der Waals surface area contributed by atoms with Gasteiger partial charge in [0.05, 0.1) is 18.3 Å². The molecule has 18 heavy (non-hydrogen) atoms. The van der Waals surface area contributed by atoms with Gasteiger partial charge in [-0.1, -0.05) is 13.0 Å². The van der Waals surface area contributed by atoms with Crippen molar-refractivity contribution >= 4 is 11.8 Å². The van der Waals surface area contributed by atoms with Gasteiger partial charge in [0.25, 0.3) is 0 Å². The average Bonchev–Trinajstić information content (AvgIpc) is 2.27. The summed E-state index contributed by atoms with van der Waals surface area (Å²) in [6.07, 6.45) is -5.09. The van der Waals surface area contributed by atoms with E-state index in [0.717, 1.165) is 6.07 Å². The van der Waals surface area contributed by atoms with Crippen LogP contribution in [0.1, 0.15) is 25.0 Å².